The molecule has 0 radical (unpaired) electrons. The molecule has 1 aromatic rings. The predicted octanol–water partition coefficient (Wildman–Crippen LogP) is 1.29. The van der Waals surface area contributed by atoms with Crippen LogP contribution in [0.1, 0.15) is 50.7 Å². The Labute approximate surface area is 120 Å². The van der Waals surface area contributed by atoms with Gasteiger partial charge < -0.3 is 9.84 Å². The van der Waals surface area contributed by atoms with E-state index in [2.05, 4.69) is 29.3 Å². The van der Waals surface area contributed by atoms with E-state index in [9.17, 15) is 8.42 Å². The van der Waals surface area contributed by atoms with Crippen molar-refractivity contribution >= 4 is 9.84 Å². The van der Waals surface area contributed by atoms with Crippen molar-refractivity contribution in [1.82, 2.24) is 15.5 Å². The highest BCUT2D eigenvalue weighted by atomic mass is 32.2. The molecule has 1 saturated heterocycles. The van der Waals surface area contributed by atoms with Crippen LogP contribution < -0.4 is 5.32 Å². The molecule has 0 spiro atoms. The fraction of sp³-hybridized carbons (Fsp3) is 0.846. The van der Waals surface area contributed by atoms with Gasteiger partial charge in [0.2, 0.25) is 5.89 Å². The van der Waals surface area contributed by atoms with Gasteiger partial charge in [0.15, 0.2) is 15.7 Å². The quantitative estimate of drug-likeness (QED) is 0.817. The average molecular weight is 301 g/mol. The molecule has 20 heavy (non-hydrogen) atoms. The zero-order chi connectivity index (χ0) is 14.6. The van der Waals surface area contributed by atoms with Crippen LogP contribution in [0.4, 0.5) is 0 Å². The maximum Gasteiger partial charge on any atom is 0.228 e. The Hall–Kier alpha value is -0.950. The number of nitrogens with one attached hydrogen (secondary N) is 1. The number of hydrogen-bond donors (Lipinski definition) is 1. The molecule has 6 nitrogen and oxygen atoms in total. The van der Waals surface area contributed by atoms with E-state index in [4.69, 9.17) is 4.52 Å². The van der Waals surface area contributed by atoms with Gasteiger partial charge >= 0.3 is 0 Å². The number of rotatable bonds is 7. The third-order valence-corrected chi connectivity index (χ3v) is 5.45. The Morgan fingerprint density at radius 1 is 1.45 bits per heavy atom. The van der Waals surface area contributed by atoms with E-state index < -0.39 is 9.84 Å². The summed E-state index contributed by atoms with van der Waals surface area (Å²) < 4.78 is 28.2. The summed E-state index contributed by atoms with van der Waals surface area (Å²) in [4.78, 5) is 4.37. The van der Waals surface area contributed by atoms with Crippen LogP contribution in [0.25, 0.3) is 0 Å². The predicted molar refractivity (Wildman–Crippen MR) is 76.4 cm³/mol. The van der Waals surface area contributed by atoms with Crippen LogP contribution in [0.2, 0.25) is 0 Å². The van der Waals surface area contributed by atoms with E-state index in [0.717, 1.165) is 19.4 Å². The molecular formula is C13H23N3O3S. The molecule has 0 amide bonds. The lowest BCUT2D eigenvalue weighted by atomic mass is 10.1. The molecule has 2 unspecified atom stereocenters. The number of sulfone groups is 1. The minimum atomic E-state index is -2.91. The summed E-state index contributed by atoms with van der Waals surface area (Å²) in [6, 6.07) is 0.329. The Kier molecular flexibility index (Phi) is 5.15. The zero-order valence-corrected chi connectivity index (χ0v) is 12.9. The molecule has 1 N–H and O–H groups in total. The van der Waals surface area contributed by atoms with Gasteiger partial charge in [-0.15, -0.1) is 0 Å². The smallest absolute Gasteiger partial charge is 0.228 e. The minimum absolute atomic E-state index is 0.0961. The molecule has 114 valence electrons. The summed E-state index contributed by atoms with van der Waals surface area (Å²) in [6.07, 6.45) is 3.39. The maximum absolute atomic E-state index is 11.5. The summed E-state index contributed by atoms with van der Waals surface area (Å²) in [5.74, 6) is 1.43. The second-order valence-electron chi connectivity index (χ2n) is 5.41. The standard InChI is InChI=1S/C13H23N3O3S/c1-3-6-14-11(4-2)8-12-15-13(16-19-12)10-5-7-20(17,18)9-10/h10-11,14H,3-9H2,1-2H3. The lowest BCUT2D eigenvalue weighted by Gasteiger charge is -2.13. The van der Waals surface area contributed by atoms with Crippen molar-refractivity contribution in [3.8, 4) is 0 Å². The highest BCUT2D eigenvalue weighted by Crippen LogP contribution is 2.26. The van der Waals surface area contributed by atoms with Gasteiger partial charge in [0.05, 0.1) is 11.5 Å². The number of hydrogen-bond acceptors (Lipinski definition) is 6. The van der Waals surface area contributed by atoms with E-state index in [0.29, 0.717) is 30.6 Å². The third-order valence-electron chi connectivity index (χ3n) is 3.68. The first kappa shape index (κ1) is 15.4. The number of aromatic nitrogens is 2. The van der Waals surface area contributed by atoms with Crippen molar-refractivity contribution in [2.45, 2.75) is 51.5 Å². The van der Waals surface area contributed by atoms with Crippen molar-refractivity contribution in [3.63, 3.8) is 0 Å². The Balaban J connectivity index is 1.95. The van der Waals surface area contributed by atoms with Crippen molar-refractivity contribution in [2.24, 2.45) is 0 Å². The van der Waals surface area contributed by atoms with Crippen LogP contribution in [0, 0.1) is 0 Å². The van der Waals surface area contributed by atoms with Crippen LogP contribution in [0.5, 0.6) is 0 Å². The van der Waals surface area contributed by atoms with Gasteiger partial charge in [-0.1, -0.05) is 19.0 Å². The lowest BCUT2D eigenvalue weighted by molar-refractivity contribution is 0.348. The van der Waals surface area contributed by atoms with E-state index in [1.807, 2.05) is 0 Å². The van der Waals surface area contributed by atoms with Gasteiger partial charge in [-0.25, -0.2) is 8.42 Å². The first-order chi connectivity index (χ1) is 9.54. The van der Waals surface area contributed by atoms with Gasteiger partial charge in [0.25, 0.3) is 0 Å². The third kappa shape index (κ3) is 4.02. The van der Waals surface area contributed by atoms with Crippen LogP contribution in [-0.2, 0) is 16.3 Å². The van der Waals surface area contributed by atoms with Gasteiger partial charge in [0.1, 0.15) is 0 Å². The topological polar surface area (TPSA) is 85.1 Å². The average Bonchev–Trinajstić information content (AvgIpc) is 3.00. The van der Waals surface area contributed by atoms with Gasteiger partial charge in [0, 0.05) is 18.4 Å². The molecule has 0 aliphatic carbocycles. The van der Waals surface area contributed by atoms with Gasteiger partial charge in [-0.3, -0.25) is 0 Å². The lowest BCUT2D eigenvalue weighted by Crippen LogP contribution is -2.31. The molecule has 1 fully saturated rings. The SMILES string of the molecule is CCCNC(CC)Cc1nc(C2CCS(=O)(=O)C2)no1. The molecule has 1 aromatic heterocycles. The molecule has 1 aliphatic rings. The van der Waals surface area contributed by atoms with Crippen LogP contribution in [-0.4, -0.2) is 42.7 Å². The first-order valence-electron chi connectivity index (χ1n) is 7.30. The Morgan fingerprint density at radius 2 is 2.25 bits per heavy atom. The maximum atomic E-state index is 11.5. The van der Waals surface area contributed by atoms with Crippen molar-refractivity contribution in [1.29, 1.82) is 0 Å². The van der Waals surface area contributed by atoms with E-state index in [1.54, 1.807) is 0 Å². The molecule has 0 aromatic carbocycles. The molecule has 2 atom stereocenters. The molecule has 7 heteroatoms. The number of nitrogens with zero attached hydrogens (tertiary/aromatic N) is 2. The molecule has 2 heterocycles. The summed E-state index contributed by atoms with van der Waals surface area (Å²) in [7, 11) is -2.91. The van der Waals surface area contributed by atoms with Crippen LogP contribution in [0.15, 0.2) is 4.52 Å². The summed E-state index contributed by atoms with van der Waals surface area (Å²) in [5, 5.41) is 7.39. The Morgan fingerprint density at radius 3 is 2.85 bits per heavy atom. The summed E-state index contributed by atoms with van der Waals surface area (Å²) >= 11 is 0. The first-order valence-corrected chi connectivity index (χ1v) is 9.12. The molecular weight excluding hydrogens is 278 g/mol. The second-order valence-corrected chi connectivity index (χ2v) is 7.64. The fourth-order valence-electron chi connectivity index (χ4n) is 2.44. The monoisotopic (exact) mass is 301 g/mol. The summed E-state index contributed by atoms with van der Waals surface area (Å²) in [6.45, 7) is 5.22. The summed E-state index contributed by atoms with van der Waals surface area (Å²) in [5.41, 5.74) is 0. The Bertz CT molecular complexity index is 527. The zero-order valence-electron chi connectivity index (χ0n) is 12.1. The molecule has 1 aliphatic heterocycles. The normalized spacial score (nSPS) is 23.0. The van der Waals surface area contributed by atoms with E-state index in [-0.39, 0.29) is 17.4 Å². The van der Waals surface area contributed by atoms with Crippen molar-refractivity contribution in [3.05, 3.63) is 11.7 Å². The van der Waals surface area contributed by atoms with Crippen molar-refractivity contribution < 1.29 is 12.9 Å². The highest BCUT2D eigenvalue weighted by Gasteiger charge is 2.32. The van der Waals surface area contributed by atoms with E-state index in [1.165, 1.54) is 0 Å². The van der Waals surface area contributed by atoms with Crippen LogP contribution in [0.3, 0.4) is 0 Å². The van der Waals surface area contributed by atoms with Crippen LogP contribution >= 0.6 is 0 Å². The molecule has 0 bridgehead atoms. The van der Waals surface area contributed by atoms with E-state index >= 15 is 0 Å². The second kappa shape index (κ2) is 6.67. The largest absolute Gasteiger partial charge is 0.339 e. The van der Waals surface area contributed by atoms with Gasteiger partial charge in [-0.2, -0.15) is 4.98 Å². The highest BCUT2D eigenvalue weighted by molar-refractivity contribution is 7.91. The molecule has 2 rings (SSSR count). The van der Waals surface area contributed by atoms with Crippen molar-refractivity contribution in [2.75, 3.05) is 18.1 Å². The van der Waals surface area contributed by atoms with Gasteiger partial charge in [-0.05, 0) is 25.8 Å². The fourth-order valence-corrected chi connectivity index (χ4v) is 4.17. The molecule has 0 saturated carbocycles. The minimum Gasteiger partial charge on any atom is -0.339 e.